The SMILES string of the molecule is CCC(NCC(C)CO)c1ccc(C)cc1. The van der Waals surface area contributed by atoms with Gasteiger partial charge in [0.05, 0.1) is 0 Å². The van der Waals surface area contributed by atoms with Crippen LogP contribution in [0, 0.1) is 12.8 Å². The van der Waals surface area contributed by atoms with Gasteiger partial charge in [-0.05, 0) is 24.8 Å². The maximum absolute atomic E-state index is 8.99. The van der Waals surface area contributed by atoms with Crippen molar-refractivity contribution in [3.63, 3.8) is 0 Å². The van der Waals surface area contributed by atoms with Crippen LogP contribution in [0.3, 0.4) is 0 Å². The first-order valence-corrected chi connectivity index (χ1v) is 6.08. The lowest BCUT2D eigenvalue weighted by molar-refractivity contribution is 0.229. The first kappa shape index (κ1) is 13.2. The minimum absolute atomic E-state index is 0.247. The molecule has 0 aliphatic heterocycles. The summed E-state index contributed by atoms with van der Waals surface area (Å²) in [7, 11) is 0. The number of aliphatic hydroxyl groups excluding tert-OH is 1. The van der Waals surface area contributed by atoms with Crippen LogP contribution in [0.15, 0.2) is 24.3 Å². The van der Waals surface area contributed by atoms with Crippen LogP contribution in [0.5, 0.6) is 0 Å². The molecule has 0 heterocycles. The third kappa shape index (κ3) is 3.95. The lowest BCUT2D eigenvalue weighted by atomic mass is 10.0. The Hall–Kier alpha value is -0.860. The van der Waals surface area contributed by atoms with Gasteiger partial charge in [0.1, 0.15) is 0 Å². The van der Waals surface area contributed by atoms with Gasteiger partial charge < -0.3 is 10.4 Å². The molecular weight excluding hydrogens is 198 g/mol. The maximum Gasteiger partial charge on any atom is 0.0468 e. The van der Waals surface area contributed by atoms with Crippen molar-refractivity contribution in [3.8, 4) is 0 Å². The van der Waals surface area contributed by atoms with Crippen molar-refractivity contribution in [1.82, 2.24) is 5.32 Å². The molecule has 0 saturated carbocycles. The molecule has 0 saturated heterocycles. The van der Waals surface area contributed by atoms with Crippen LogP contribution < -0.4 is 5.32 Å². The summed E-state index contributed by atoms with van der Waals surface area (Å²) in [4.78, 5) is 0. The third-order valence-corrected chi connectivity index (χ3v) is 2.91. The second-order valence-corrected chi connectivity index (χ2v) is 4.57. The molecular formula is C14H23NO. The van der Waals surface area contributed by atoms with Crippen LogP contribution in [0.2, 0.25) is 0 Å². The summed E-state index contributed by atoms with van der Waals surface area (Å²) in [6, 6.07) is 9.06. The highest BCUT2D eigenvalue weighted by Gasteiger charge is 2.09. The zero-order valence-electron chi connectivity index (χ0n) is 10.5. The Labute approximate surface area is 98.7 Å². The maximum atomic E-state index is 8.99. The van der Waals surface area contributed by atoms with Gasteiger partial charge in [-0.2, -0.15) is 0 Å². The van der Waals surface area contributed by atoms with E-state index in [1.807, 2.05) is 0 Å². The third-order valence-electron chi connectivity index (χ3n) is 2.91. The molecule has 16 heavy (non-hydrogen) atoms. The van der Waals surface area contributed by atoms with Crippen LogP contribution in [0.1, 0.15) is 37.4 Å². The molecule has 0 radical (unpaired) electrons. The van der Waals surface area contributed by atoms with Gasteiger partial charge in [-0.3, -0.25) is 0 Å². The Morgan fingerprint density at radius 3 is 2.38 bits per heavy atom. The first-order chi connectivity index (χ1) is 7.67. The topological polar surface area (TPSA) is 32.3 Å². The van der Waals surface area contributed by atoms with E-state index in [2.05, 4.69) is 50.4 Å². The summed E-state index contributed by atoms with van der Waals surface area (Å²) >= 11 is 0. The largest absolute Gasteiger partial charge is 0.396 e. The molecule has 1 aromatic carbocycles. The Morgan fingerprint density at radius 1 is 1.25 bits per heavy atom. The van der Waals surface area contributed by atoms with Gasteiger partial charge in [0.15, 0.2) is 0 Å². The van der Waals surface area contributed by atoms with E-state index < -0.39 is 0 Å². The average molecular weight is 221 g/mol. The number of hydrogen-bond acceptors (Lipinski definition) is 2. The monoisotopic (exact) mass is 221 g/mol. The molecule has 2 nitrogen and oxygen atoms in total. The van der Waals surface area contributed by atoms with E-state index in [0.717, 1.165) is 13.0 Å². The molecule has 0 bridgehead atoms. The number of aryl methyl sites for hydroxylation is 1. The molecule has 0 fully saturated rings. The Balaban J connectivity index is 2.57. The molecule has 1 rings (SSSR count). The first-order valence-electron chi connectivity index (χ1n) is 6.08. The number of nitrogens with one attached hydrogen (secondary N) is 1. The second kappa shape index (κ2) is 6.66. The van der Waals surface area contributed by atoms with Crippen molar-refractivity contribution in [2.24, 2.45) is 5.92 Å². The lowest BCUT2D eigenvalue weighted by Crippen LogP contribution is -2.27. The van der Waals surface area contributed by atoms with Gasteiger partial charge in [-0.1, -0.05) is 43.7 Å². The summed E-state index contributed by atoms with van der Waals surface area (Å²) < 4.78 is 0. The van der Waals surface area contributed by atoms with E-state index in [-0.39, 0.29) is 6.61 Å². The number of rotatable bonds is 6. The zero-order valence-corrected chi connectivity index (χ0v) is 10.5. The van der Waals surface area contributed by atoms with Gasteiger partial charge in [-0.15, -0.1) is 0 Å². The number of benzene rings is 1. The van der Waals surface area contributed by atoms with Crippen LogP contribution >= 0.6 is 0 Å². The summed E-state index contributed by atoms with van der Waals surface area (Å²) in [6.45, 7) is 7.45. The number of aliphatic hydroxyl groups is 1. The molecule has 2 heteroatoms. The predicted molar refractivity (Wildman–Crippen MR) is 68.5 cm³/mol. The highest BCUT2D eigenvalue weighted by molar-refractivity contribution is 5.24. The molecule has 2 N–H and O–H groups in total. The molecule has 0 spiro atoms. The summed E-state index contributed by atoms with van der Waals surface area (Å²) in [6.07, 6.45) is 1.07. The van der Waals surface area contributed by atoms with E-state index in [1.165, 1.54) is 11.1 Å². The van der Waals surface area contributed by atoms with Crippen molar-refractivity contribution in [2.45, 2.75) is 33.2 Å². The Bertz CT molecular complexity index is 294. The van der Waals surface area contributed by atoms with Gasteiger partial charge >= 0.3 is 0 Å². The molecule has 0 aromatic heterocycles. The predicted octanol–water partition coefficient (Wildman–Crippen LogP) is 2.66. The molecule has 0 amide bonds. The fraction of sp³-hybridized carbons (Fsp3) is 0.571. The zero-order chi connectivity index (χ0) is 12.0. The summed E-state index contributed by atoms with van der Waals surface area (Å²) in [5, 5.41) is 12.5. The fourth-order valence-electron chi connectivity index (χ4n) is 1.70. The van der Waals surface area contributed by atoms with Crippen LogP contribution in [0.4, 0.5) is 0 Å². The van der Waals surface area contributed by atoms with E-state index in [9.17, 15) is 0 Å². The lowest BCUT2D eigenvalue weighted by Gasteiger charge is -2.19. The molecule has 90 valence electrons. The Morgan fingerprint density at radius 2 is 1.88 bits per heavy atom. The molecule has 0 aliphatic carbocycles. The minimum atomic E-state index is 0.247. The van der Waals surface area contributed by atoms with Crippen molar-refractivity contribution in [3.05, 3.63) is 35.4 Å². The van der Waals surface area contributed by atoms with E-state index in [1.54, 1.807) is 0 Å². The normalized spacial score (nSPS) is 14.8. The van der Waals surface area contributed by atoms with E-state index >= 15 is 0 Å². The number of hydrogen-bond donors (Lipinski definition) is 2. The van der Waals surface area contributed by atoms with Gasteiger partial charge in [-0.25, -0.2) is 0 Å². The van der Waals surface area contributed by atoms with Crippen LogP contribution in [0.25, 0.3) is 0 Å². The average Bonchev–Trinajstić information content (AvgIpc) is 2.31. The minimum Gasteiger partial charge on any atom is -0.396 e. The van der Waals surface area contributed by atoms with Crippen molar-refractivity contribution < 1.29 is 5.11 Å². The second-order valence-electron chi connectivity index (χ2n) is 4.57. The van der Waals surface area contributed by atoms with E-state index in [4.69, 9.17) is 5.11 Å². The van der Waals surface area contributed by atoms with Gasteiger partial charge in [0.2, 0.25) is 0 Å². The standard InChI is InChI=1S/C14H23NO/c1-4-14(15-9-12(3)10-16)13-7-5-11(2)6-8-13/h5-8,12,14-16H,4,9-10H2,1-3H3. The molecule has 1 aromatic rings. The highest BCUT2D eigenvalue weighted by Crippen LogP contribution is 2.17. The summed E-state index contributed by atoms with van der Waals surface area (Å²) in [5.74, 6) is 0.319. The molecule has 0 aliphatic rings. The Kier molecular flexibility index (Phi) is 5.50. The fourth-order valence-corrected chi connectivity index (χ4v) is 1.70. The smallest absolute Gasteiger partial charge is 0.0468 e. The van der Waals surface area contributed by atoms with Crippen molar-refractivity contribution in [2.75, 3.05) is 13.2 Å². The molecule has 2 unspecified atom stereocenters. The highest BCUT2D eigenvalue weighted by atomic mass is 16.3. The summed E-state index contributed by atoms with van der Waals surface area (Å²) in [5.41, 5.74) is 2.63. The van der Waals surface area contributed by atoms with Gasteiger partial charge in [0, 0.05) is 19.2 Å². The van der Waals surface area contributed by atoms with Crippen molar-refractivity contribution >= 4 is 0 Å². The van der Waals surface area contributed by atoms with Gasteiger partial charge in [0.25, 0.3) is 0 Å². The quantitative estimate of drug-likeness (QED) is 0.774. The van der Waals surface area contributed by atoms with Crippen molar-refractivity contribution in [1.29, 1.82) is 0 Å². The van der Waals surface area contributed by atoms with Crippen LogP contribution in [-0.4, -0.2) is 18.3 Å². The van der Waals surface area contributed by atoms with Crippen LogP contribution in [-0.2, 0) is 0 Å². The molecule has 2 atom stereocenters. The van der Waals surface area contributed by atoms with E-state index in [0.29, 0.717) is 12.0 Å².